The van der Waals surface area contributed by atoms with Gasteiger partial charge in [0, 0.05) is 30.3 Å². The Morgan fingerprint density at radius 3 is 2.58 bits per heavy atom. The smallest absolute Gasteiger partial charge is 0.124 e. The molecule has 0 spiro atoms. The fourth-order valence-corrected chi connectivity index (χ4v) is 3.24. The van der Waals surface area contributed by atoms with Crippen molar-refractivity contribution < 1.29 is 0 Å². The predicted molar refractivity (Wildman–Crippen MR) is 80.5 cm³/mol. The predicted octanol–water partition coefficient (Wildman–Crippen LogP) is 3.11. The van der Waals surface area contributed by atoms with Crippen molar-refractivity contribution in [3.05, 3.63) is 42.0 Å². The van der Waals surface area contributed by atoms with E-state index in [1.165, 1.54) is 0 Å². The zero-order chi connectivity index (χ0) is 13.1. The first-order valence-corrected chi connectivity index (χ1v) is 7.55. The van der Waals surface area contributed by atoms with Crippen molar-refractivity contribution in [2.45, 2.75) is 0 Å². The van der Waals surface area contributed by atoms with Crippen LogP contribution in [0, 0.1) is 11.3 Å². The Balaban J connectivity index is 1.97. The van der Waals surface area contributed by atoms with E-state index in [-0.39, 0.29) is 0 Å². The van der Waals surface area contributed by atoms with Gasteiger partial charge in [-0.2, -0.15) is 17.0 Å². The summed E-state index contributed by atoms with van der Waals surface area (Å²) in [5.41, 5.74) is 2.88. The van der Waals surface area contributed by atoms with Gasteiger partial charge in [-0.1, -0.05) is 30.3 Å². The molecule has 3 nitrogen and oxygen atoms in total. The lowest BCUT2D eigenvalue weighted by molar-refractivity contribution is 0.843. The van der Waals surface area contributed by atoms with Crippen molar-refractivity contribution >= 4 is 17.6 Å². The van der Waals surface area contributed by atoms with Gasteiger partial charge in [0.25, 0.3) is 0 Å². The molecular weight excluding hydrogens is 254 g/mol. The van der Waals surface area contributed by atoms with Gasteiger partial charge in [0.2, 0.25) is 0 Å². The van der Waals surface area contributed by atoms with Gasteiger partial charge in [-0.25, -0.2) is 0 Å². The van der Waals surface area contributed by atoms with E-state index in [4.69, 9.17) is 0 Å². The molecule has 4 heteroatoms. The van der Waals surface area contributed by atoms with Crippen molar-refractivity contribution in [2.24, 2.45) is 0 Å². The van der Waals surface area contributed by atoms with Gasteiger partial charge in [-0.15, -0.1) is 0 Å². The Labute approximate surface area is 117 Å². The zero-order valence-corrected chi connectivity index (χ0v) is 11.4. The average molecular weight is 269 g/mol. The van der Waals surface area contributed by atoms with Gasteiger partial charge in [0.1, 0.15) is 11.9 Å². The van der Waals surface area contributed by atoms with Crippen LogP contribution in [0.25, 0.3) is 11.3 Å². The number of benzene rings is 1. The van der Waals surface area contributed by atoms with Crippen LogP contribution in [0.15, 0.2) is 36.4 Å². The number of H-pyrrole nitrogens is 1. The van der Waals surface area contributed by atoms with E-state index < -0.39 is 0 Å². The third-order valence-electron chi connectivity index (χ3n) is 3.33. The van der Waals surface area contributed by atoms with Crippen molar-refractivity contribution in [3.8, 4) is 17.3 Å². The molecule has 0 saturated carbocycles. The molecule has 1 aliphatic heterocycles. The van der Waals surface area contributed by atoms with Crippen LogP contribution in [0.1, 0.15) is 5.56 Å². The lowest BCUT2D eigenvalue weighted by Gasteiger charge is -2.27. The van der Waals surface area contributed by atoms with E-state index in [1.54, 1.807) is 0 Å². The first-order valence-electron chi connectivity index (χ1n) is 6.40. The highest BCUT2D eigenvalue weighted by Gasteiger charge is 2.17. The minimum absolute atomic E-state index is 0.741. The summed E-state index contributed by atoms with van der Waals surface area (Å²) in [7, 11) is 0. The SMILES string of the molecule is N#Cc1cc(-c2ccccc2)[nH]c1N1CCSCC1. The van der Waals surface area contributed by atoms with Crippen LogP contribution in [-0.2, 0) is 0 Å². The molecular formula is C15H15N3S. The van der Waals surface area contributed by atoms with Crippen LogP contribution in [0.5, 0.6) is 0 Å². The van der Waals surface area contributed by atoms with Crippen LogP contribution in [0.2, 0.25) is 0 Å². The normalized spacial score (nSPS) is 15.2. The Morgan fingerprint density at radius 2 is 1.89 bits per heavy atom. The summed E-state index contributed by atoms with van der Waals surface area (Å²) in [4.78, 5) is 5.69. The first-order chi connectivity index (χ1) is 9.38. The van der Waals surface area contributed by atoms with Gasteiger partial charge in [-0.3, -0.25) is 0 Å². The fourth-order valence-electron chi connectivity index (χ4n) is 2.34. The van der Waals surface area contributed by atoms with Crippen molar-refractivity contribution in [1.29, 1.82) is 5.26 Å². The largest absolute Gasteiger partial charge is 0.355 e. The Hall–Kier alpha value is -1.86. The fraction of sp³-hybridized carbons (Fsp3) is 0.267. The van der Waals surface area contributed by atoms with Crippen LogP contribution in [0.4, 0.5) is 5.82 Å². The maximum atomic E-state index is 9.31. The van der Waals surface area contributed by atoms with E-state index in [0.717, 1.165) is 47.2 Å². The number of aromatic nitrogens is 1. The summed E-state index contributed by atoms with van der Waals surface area (Å²) < 4.78 is 0. The van der Waals surface area contributed by atoms with Crippen LogP contribution in [0.3, 0.4) is 0 Å². The standard InChI is InChI=1S/C15H15N3S/c16-11-13-10-14(12-4-2-1-3-5-12)17-15(13)18-6-8-19-9-7-18/h1-5,10,17H,6-9H2. The lowest BCUT2D eigenvalue weighted by Crippen LogP contribution is -2.33. The molecule has 1 fully saturated rings. The van der Waals surface area contributed by atoms with Gasteiger partial charge >= 0.3 is 0 Å². The van der Waals surface area contributed by atoms with Crippen LogP contribution in [-0.4, -0.2) is 29.6 Å². The number of anilines is 1. The topological polar surface area (TPSA) is 42.8 Å². The molecule has 0 amide bonds. The van der Waals surface area contributed by atoms with Gasteiger partial charge < -0.3 is 9.88 Å². The molecule has 0 aliphatic carbocycles. The summed E-state index contributed by atoms with van der Waals surface area (Å²) in [6.45, 7) is 2.02. The summed E-state index contributed by atoms with van der Waals surface area (Å²) in [5, 5.41) is 9.31. The molecule has 0 unspecified atom stereocenters. The molecule has 2 heterocycles. The molecule has 1 aromatic heterocycles. The van der Waals surface area contributed by atoms with Gasteiger partial charge in [-0.05, 0) is 11.6 Å². The van der Waals surface area contributed by atoms with Crippen molar-refractivity contribution in [2.75, 3.05) is 29.5 Å². The summed E-state index contributed by atoms with van der Waals surface area (Å²) in [6.07, 6.45) is 0. The van der Waals surface area contributed by atoms with Crippen LogP contribution < -0.4 is 4.90 Å². The number of rotatable bonds is 2. The van der Waals surface area contributed by atoms with Crippen molar-refractivity contribution in [3.63, 3.8) is 0 Å². The summed E-state index contributed by atoms with van der Waals surface area (Å²) in [6, 6.07) is 14.4. The molecule has 1 aromatic carbocycles. The number of hydrogen-bond donors (Lipinski definition) is 1. The highest BCUT2D eigenvalue weighted by Crippen LogP contribution is 2.28. The second-order valence-electron chi connectivity index (χ2n) is 4.52. The minimum atomic E-state index is 0.741. The highest BCUT2D eigenvalue weighted by atomic mass is 32.2. The van der Waals surface area contributed by atoms with Crippen molar-refractivity contribution in [1.82, 2.24) is 4.98 Å². The number of nitrogens with one attached hydrogen (secondary N) is 1. The number of thioether (sulfide) groups is 1. The molecule has 1 aliphatic rings. The van der Waals surface area contributed by atoms with E-state index in [0.29, 0.717) is 0 Å². The van der Waals surface area contributed by atoms with Gasteiger partial charge in [0.05, 0.1) is 5.56 Å². The summed E-state index contributed by atoms with van der Waals surface area (Å²) in [5.74, 6) is 3.23. The molecule has 3 rings (SSSR count). The molecule has 0 atom stereocenters. The molecule has 1 N–H and O–H groups in total. The van der Waals surface area contributed by atoms with E-state index >= 15 is 0 Å². The Kier molecular flexibility index (Phi) is 3.47. The monoisotopic (exact) mass is 269 g/mol. The molecule has 96 valence electrons. The summed E-state index contributed by atoms with van der Waals surface area (Å²) >= 11 is 1.97. The Bertz CT molecular complexity index is 592. The van der Waals surface area contributed by atoms with Gasteiger partial charge in [0.15, 0.2) is 0 Å². The molecule has 19 heavy (non-hydrogen) atoms. The van der Waals surface area contributed by atoms with E-state index in [9.17, 15) is 5.26 Å². The lowest BCUT2D eigenvalue weighted by atomic mass is 10.1. The molecule has 0 bridgehead atoms. The number of nitriles is 1. The van der Waals surface area contributed by atoms with E-state index in [2.05, 4.69) is 28.1 Å². The quantitative estimate of drug-likeness (QED) is 0.911. The van der Waals surface area contributed by atoms with E-state index in [1.807, 2.05) is 36.0 Å². The minimum Gasteiger partial charge on any atom is -0.355 e. The third-order valence-corrected chi connectivity index (χ3v) is 4.27. The maximum absolute atomic E-state index is 9.31. The maximum Gasteiger partial charge on any atom is 0.124 e. The number of hydrogen-bond acceptors (Lipinski definition) is 3. The number of nitrogens with zero attached hydrogens (tertiary/aromatic N) is 2. The molecule has 0 radical (unpaired) electrons. The average Bonchev–Trinajstić information content (AvgIpc) is 2.93. The molecule has 1 saturated heterocycles. The van der Waals surface area contributed by atoms with Crippen LogP contribution >= 0.6 is 11.8 Å². The zero-order valence-electron chi connectivity index (χ0n) is 10.6. The first kappa shape index (κ1) is 12.2. The highest BCUT2D eigenvalue weighted by molar-refractivity contribution is 7.99. The Morgan fingerprint density at radius 1 is 1.16 bits per heavy atom. The molecule has 2 aromatic rings. The number of aromatic amines is 1. The second-order valence-corrected chi connectivity index (χ2v) is 5.75. The third kappa shape index (κ3) is 2.47. The second kappa shape index (κ2) is 5.41.